The summed E-state index contributed by atoms with van der Waals surface area (Å²) in [5.74, 6) is 0. The molecule has 0 spiro atoms. The third-order valence-corrected chi connectivity index (χ3v) is 3.72. The minimum atomic E-state index is 0.615. The predicted molar refractivity (Wildman–Crippen MR) is 72.3 cm³/mol. The first kappa shape index (κ1) is 10.5. The van der Waals surface area contributed by atoms with E-state index in [9.17, 15) is 0 Å². The van der Waals surface area contributed by atoms with Crippen molar-refractivity contribution >= 4 is 39.0 Å². The Morgan fingerprint density at radius 2 is 2.12 bits per heavy atom. The first-order valence-electron chi connectivity index (χ1n) is 5.01. The number of hydrogen-bond acceptors (Lipinski definition) is 4. The number of fused-ring (bicyclic) bond motifs is 1. The van der Waals surface area contributed by atoms with Crippen molar-refractivity contribution in [2.45, 2.75) is 0 Å². The fourth-order valence-electron chi connectivity index (χ4n) is 1.59. The quantitative estimate of drug-likeness (QED) is 0.681. The normalized spacial score (nSPS) is 10.9. The van der Waals surface area contributed by atoms with Gasteiger partial charge in [-0.25, -0.2) is 9.97 Å². The van der Waals surface area contributed by atoms with E-state index in [2.05, 4.69) is 9.97 Å². The van der Waals surface area contributed by atoms with Crippen LogP contribution in [0.2, 0.25) is 5.02 Å². The van der Waals surface area contributed by atoms with Gasteiger partial charge in [-0.1, -0.05) is 22.9 Å². The third kappa shape index (κ3) is 1.85. The Morgan fingerprint density at radius 3 is 2.88 bits per heavy atom. The average molecular weight is 262 g/mol. The molecule has 3 rings (SSSR count). The van der Waals surface area contributed by atoms with E-state index in [1.807, 2.05) is 24.3 Å². The van der Waals surface area contributed by atoms with E-state index < -0.39 is 0 Å². The van der Waals surface area contributed by atoms with Crippen LogP contribution in [0.15, 0.2) is 36.5 Å². The monoisotopic (exact) mass is 261 g/mol. The van der Waals surface area contributed by atoms with E-state index in [4.69, 9.17) is 17.3 Å². The minimum Gasteiger partial charge on any atom is -0.399 e. The van der Waals surface area contributed by atoms with Crippen LogP contribution in [0, 0.1) is 0 Å². The number of halogens is 1. The lowest BCUT2D eigenvalue weighted by Crippen LogP contribution is -1.85. The summed E-state index contributed by atoms with van der Waals surface area (Å²) in [6, 6.07) is 9.25. The van der Waals surface area contributed by atoms with Crippen LogP contribution < -0.4 is 5.73 Å². The molecular weight excluding hydrogens is 254 g/mol. The van der Waals surface area contributed by atoms with E-state index in [0.717, 1.165) is 20.9 Å². The Kier molecular flexibility index (Phi) is 2.46. The van der Waals surface area contributed by atoms with E-state index in [-0.39, 0.29) is 0 Å². The number of nitrogen functional groups attached to an aromatic ring is 1. The molecule has 0 radical (unpaired) electrons. The van der Waals surface area contributed by atoms with Crippen molar-refractivity contribution in [3.05, 3.63) is 41.6 Å². The van der Waals surface area contributed by atoms with Crippen molar-refractivity contribution in [3.8, 4) is 10.6 Å². The molecule has 0 bridgehead atoms. The molecule has 2 aromatic heterocycles. The van der Waals surface area contributed by atoms with Crippen LogP contribution in [-0.2, 0) is 0 Å². The maximum absolute atomic E-state index is 6.16. The molecule has 0 aliphatic carbocycles. The number of rotatable bonds is 1. The predicted octanol–water partition coefficient (Wildman–Crippen LogP) is 3.59. The molecule has 5 heteroatoms. The van der Waals surface area contributed by atoms with E-state index >= 15 is 0 Å². The van der Waals surface area contributed by atoms with Gasteiger partial charge in [-0.15, -0.1) is 0 Å². The van der Waals surface area contributed by atoms with Gasteiger partial charge in [0.2, 0.25) is 0 Å². The van der Waals surface area contributed by atoms with Gasteiger partial charge in [0, 0.05) is 17.4 Å². The highest BCUT2D eigenvalue weighted by Crippen LogP contribution is 2.34. The van der Waals surface area contributed by atoms with Crippen molar-refractivity contribution in [1.29, 1.82) is 0 Å². The van der Waals surface area contributed by atoms with Gasteiger partial charge in [-0.3, -0.25) is 0 Å². The zero-order valence-corrected chi connectivity index (χ0v) is 10.3. The Morgan fingerprint density at radius 1 is 1.24 bits per heavy atom. The molecule has 0 fully saturated rings. The lowest BCUT2D eigenvalue weighted by Gasteiger charge is -2.00. The molecule has 0 amide bonds. The summed E-state index contributed by atoms with van der Waals surface area (Å²) in [6.45, 7) is 0. The second kappa shape index (κ2) is 3.98. The maximum Gasteiger partial charge on any atom is 0.143 e. The van der Waals surface area contributed by atoms with Gasteiger partial charge in [0.15, 0.2) is 0 Å². The van der Waals surface area contributed by atoms with Crippen molar-refractivity contribution < 1.29 is 0 Å². The van der Waals surface area contributed by atoms with Crippen LogP contribution in [0.5, 0.6) is 0 Å². The number of thiazole rings is 1. The molecule has 0 aliphatic heterocycles. The number of nitrogens with zero attached hydrogens (tertiary/aromatic N) is 2. The molecule has 0 aliphatic rings. The SMILES string of the molecule is Nc1ccc(-c2nc3cccnc3s2)c(Cl)c1. The van der Waals surface area contributed by atoms with Crippen LogP contribution in [0.25, 0.3) is 20.9 Å². The summed E-state index contributed by atoms with van der Waals surface area (Å²) in [5.41, 5.74) is 8.10. The number of nitrogens with two attached hydrogens (primary N) is 1. The molecule has 2 N–H and O–H groups in total. The first-order valence-corrected chi connectivity index (χ1v) is 6.20. The van der Waals surface area contributed by atoms with Gasteiger partial charge < -0.3 is 5.73 Å². The molecule has 3 aromatic rings. The van der Waals surface area contributed by atoms with Crippen LogP contribution in [-0.4, -0.2) is 9.97 Å². The lowest BCUT2D eigenvalue weighted by molar-refractivity contribution is 1.41. The van der Waals surface area contributed by atoms with Gasteiger partial charge in [0.05, 0.1) is 5.02 Å². The van der Waals surface area contributed by atoms with Crippen LogP contribution in [0.4, 0.5) is 5.69 Å². The van der Waals surface area contributed by atoms with E-state index in [1.165, 1.54) is 11.3 Å². The zero-order valence-electron chi connectivity index (χ0n) is 8.72. The van der Waals surface area contributed by atoms with Crippen LogP contribution in [0.1, 0.15) is 0 Å². The maximum atomic E-state index is 6.16. The number of hydrogen-bond donors (Lipinski definition) is 1. The molecular formula is C12H8ClN3S. The van der Waals surface area contributed by atoms with Gasteiger partial charge in [-0.2, -0.15) is 0 Å². The molecule has 0 saturated heterocycles. The van der Waals surface area contributed by atoms with E-state index in [1.54, 1.807) is 12.3 Å². The average Bonchev–Trinajstić information content (AvgIpc) is 2.72. The third-order valence-electron chi connectivity index (χ3n) is 2.39. The van der Waals surface area contributed by atoms with Crippen LogP contribution in [0.3, 0.4) is 0 Å². The highest BCUT2D eigenvalue weighted by atomic mass is 35.5. The molecule has 0 atom stereocenters. The second-order valence-electron chi connectivity index (χ2n) is 3.59. The lowest BCUT2D eigenvalue weighted by atomic mass is 10.2. The molecule has 0 unspecified atom stereocenters. The molecule has 2 heterocycles. The Bertz CT molecular complexity index is 660. The zero-order chi connectivity index (χ0) is 11.8. The number of pyridine rings is 1. The Hall–Kier alpha value is -1.65. The standard InChI is InChI=1S/C12H8ClN3S/c13-9-6-7(14)3-4-8(9)11-16-10-2-1-5-15-12(10)17-11/h1-6H,14H2. The summed E-state index contributed by atoms with van der Waals surface area (Å²) in [5, 5.41) is 1.48. The number of aromatic nitrogens is 2. The molecule has 84 valence electrons. The van der Waals surface area contributed by atoms with Gasteiger partial charge in [0.25, 0.3) is 0 Å². The summed E-state index contributed by atoms with van der Waals surface area (Å²) in [6.07, 6.45) is 1.76. The Balaban J connectivity index is 2.20. The first-order chi connectivity index (χ1) is 8.24. The van der Waals surface area contributed by atoms with Crippen molar-refractivity contribution in [1.82, 2.24) is 9.97 Å². The van der Waals surface area contributed by atoms with Crippen molar-refractivity contribution in [2.75, 3.05) is 5.73 Å². The van der Waals surface area contributed by atoms with E-state index in [0.29, 0.717) is 10.7 Å². The number of anilines is 1. The van der Waals surface area contributed by atoms with Gasteiger partial charge in [-0.05, 0) is 30.3 Å². The van der Waals surface area contributed by atoms with Crippen molar-refractivity contribution in [3.63, 3.8) is 0 Å². The topological polar surface area (TPSA) is 51.8 Å². The minimum absolute atomic E-state index is 0.615. The second-order valence-corrected chi connectivity index (χ2v) is 4.97. The highest BCUT2D eigenvalue weighted by Gasteiger charge is 2.10. The summed E-state index contributed by atoms with van der Waals surface area (Å²) in [4.78, 5) is 9.68. The summed E-state index contributed by atoms with van der Waals surface area (Å²) < 4.78 is 0. The van der Waals surface area contributed by atoms with Crippen molar-refractivity contribution in [2.24, 2.45) is 0 Å². The fourth-order valence-corrected chi connectivity index (χ4v) is 2.87. The van der Waals surface area contributed by atoms with Gasteiger partial charge >= 0.3 is 0 Å². The van der Waals surface area contributed by atoms with Gasteiger partial charge in [0.1, 0.15) is 15.4 Å². The smallest absolute Gasteiger partial charge is 0.143 e. The summed E-state index contributed by atoms with van der Waals surface area (Å²) in [7, 11) is 0. The largest absolute Gasteiger partial charge is 0.399 e. The summed E-state index contributed by atoms with van der Waals surface area (Å²) >= 11 is 7.68. The Labute approximate surface area is 107 Å². The highest BCUT2D eigenvalue weighted by molar-refractivity contribution is 7.21. The van der Waals surface area contributed by atoms with Crippen LogP contribution >= 0.6 is 22.9 Å². The molecule has 0 saturated carbocycles. The molecule has 17 heavy (non-hydrogen) atoms. The number of benzene rings is 1. The molecule has 3 nitrogen and oxygen atoms in total. The molecule has 1 aromatic carbocycles. The fraction of sp³-hybridized carbons (Fsp3) is 0.